The van der Waals surface area contributed by atoms with Gasteiger partial charge in [0.15, 0.2) is 0 Å². The second-order valence-corrected chi connectivity index (χ2v) is 4.45. The smallest absolute Gasteiger partial charge is 0.306 e. The maximum atomic E-state index is 11.8. The lowest BCUT2D eigenvalue weighted by Gasteiger charge is -2.08. The molecule has 9 heteroatoms. The first-order chi connectivity index (χ1) is 9.32. The van der Waals surface area contributed by atoms with Gasteiger partial charge < -0.3 is 10.4 Å². The number of nitro groups is 1. The van der Waals surface area contributed by atoms with E-state index in [9.17, 15) is 19.7 Å². The molecule has 108 valence electrons. The van der Waals surface area contributed by atoms with Gasteiger partial charge in [0.1, 0.15) is 16.9 Å². The van der Waals surface area contributed by atoms with Crippen LogP contribution in [-0.2, 0) is 4.79 Å². The number of halogens is 1. The van der Waals surface area contributed by atoms with Crippen LogP contribution in [0.25, 0.3) is 0 Å². The minimum absolute atomic E-state index is 0.0420. The van der Waals surface area contributed by atoms with Gasteiger partial charge in [-0.1, -0.05) is 18.5 Å². The van der Waals surface area contributed by atoms with E-state index in [1.807, 2.05) is 0 Å². The lowest BCUT2D eigenvalue weighted by atomic mass is 10.1. The zero-order valence-electron chi connectivity index (χ0n) is 10.5. The van der Waals surface area contributed by atoms with E-state index in [2.05, 4.69) is 10.3 Å². The lowest BCUT2D eigenvalue weighted by Crippen LogP contribution is -2.27. The minimum atomic E-state index is -0.975. The van der Waals surface area contributed by atoms with Gasteiger partial charge in [-0.05, 0) is 12.5 Å². The topological polar surface area (TPSA) is 122 Å². The maximum absolute atomic E-state index is 11.8. The van der Waals surface area contributed by atoms with Crippen LogP contribution < -0.4 is 5.32 Å². The number of hydrogen-bond donors (Lipinski definition) is 2. The molecule has 1 rings (SSSR count). The van der Waals surface area contributed by atoms with Crippen LogP contribution in [0, 0.1) is 16.0 Å². The van der Waals surface area contributed by atoms with Crippen molar-refractivity contribution in [1.29, 1.82) is 0 Å². The third kappa shape index (κ3) is 4.16. The first kappa shape index (κ1) is 15.8. The average Bonchev–Trinajstić information content (AvgIpc) is 2.37. The van der Waals surface area contributed by atoms with Crippen LogP contribution in [0.2, 0.25) is 5.15 Å². The molecule has 0 radical (unpaired) electrons. The number of nitrogens with one attached hydrogen (secondary N) is 1. The van der Waals surface area contributed by atoms with Crippen molar-refractivity contribution in [1.82, 2.24) is 10.3 Å². The van der Waals surface area contributed by atoms with E-state index < -0.39 is 28.4 Å². The van der Waals surface area contributed by atoms with Crippen molar-refractivity contribution >= 4 is 29.2 Å². The van der Waals surface area contributed by atoms with Crippen molar-refractivity contribution in [3.05, 3.63) is 33.1 Å². The van der Waals surface area contributed by atoms with E-state index in [0.717, 1.165) is 12.3 Å². The highest BCUT2D eigenvalue weighted by atomic mass is 35.5. The number of carboxylic acids is 1. The van der Waals surface area contributed by atoms with Crippen LogP contribution in [-0.4, -0.2) is 33.4 Å². The average molecular weight is 302 g/mol. The summed E-state index contributed by atoms with van der Waals surface area (Å²) in [6.07, 6.45) is 1.12. The number of rotatable bonds is 6. The van der Waals surface area contributed by atoms with Gasteiger partial charge in [0, 0.05) is 6.54 Å². The Bertz CT molecular complexity index is 549. The molecule has 0 aromatic carbocycles. The first-order valence-corrected chi connectivity index (χ1v) is 6.01. The summed E-state index contributed by atoms with van der Waals surface area (Å²) in [5.41, 5.74) is -0.670. The Morgan fingerprint density at radius 2 is 2.25 bits per heavy atom. The Morgan fingerprint density at radius 3 is 2.80 bits per heavy atom. The van der Waals surface area contributed by atoms with Gasteiger partial charge >= 0.3 is 5.97 Å². The molecular formula is C11H12ClN3O5. The molecule has 0 aliphatic carbocycles. The van der Waals surface area contributed by atoms with E-state index in [1.54, 1.807) is 0 Å². The molecule has 0 bridgehead atoms. The standard InChI is InChI=1S/C11H12ClN3O5/c1-6(11(17)18)2-3-13-10(16)7-4-9(12)14-5-8(7)15(19)20/h4-6H,2-3H2,1H3,(H,13,16)(H,17,18). The zero-order chi connectivity index (χ0) is 15.3. The summed E-state index contributed by atoms with van der Waals surface area (Å²) < 4.78 is 0. The number of carbonyl (C=O) groups excluding carboxylic acids is 1. The van der Waals surface area contributed by atoms with Gasteiger partial charge in [-0.2, -0.15) is 0 Å². The van der Waals surface area contributed by atoms with Crippen LogP contribution in [0.4, 0.5) is 5.69 Å². The normalized spacial score (nSPS) is 11.7. The third-order valence-electron chi connectivity index (χ3n) is 2.58. The second kappa shape index (κ2) is 6.80. The molecule has 1 amide bonds. The van der Waals surface area contributed by atoms with Gasteiger partial charge in [-0.15, -0.1) is 0 Å². The van der Waals surface area contributed by atoms with Gasteiger partial charge in [0.05, 0.1) is 10.8 Å². The van der Waals surface area contributed by atoms with Gasteiger partial charge in [-0.3, -0.25) is 19.7 Å². The van der Waals surface area contributed by atoms with Crippen molar-refractivity contribution in [2.75, 3.05) is 6.54 Å². The van der Waals surface area contributed by atoms with E-state index >= 15 is 0 Å². The molecular weight excluding hydrogens is 290 g/mol. The Hall–Kier alpha value is -2.22. The van der Waals surface area contributed by atoms with Crippen LogP contribution in [0.15, 0.2) is 12.3 Å². The molecule has 8 nitrogen and oxygen atoms in total. The molecule has 1 heterocycles. The second-order valence-electron chi connectivity index (χ2n) is 4.07. The van der Waals surface area contributed by atoms with Crippen molar-refractivity contribution in [2.24, 2.45) is 5.92 Å². The van der Waals surface area contributed by atoms with Gasteiger partial charge in [0.2, 0.25) is 0 Å². The largest absolute Gasteiger partial charge is 0.481 e. The number of amides is 1. The van der Waals surface area contributed by atoms with E-state index in [1.165, 1.54) is 6.92 Å². The Kier molecular flexibility index (Phi) is 5.39. The number of carboxylic acid groups (broad SMARTS) is 1. The molecule has 1 aromatic heterocycles. The number of hydrogen-bond acceptors (Lipinski definition) is 5. The molecule has 0 saturated carbocycles. The highest BCUT2D eigenvalue weighted by Crippen LogP contribution is 2.20. The molecule has 2 N–H and O–H groups in total. The van der Waals surface area contributed by atoms with Crippen molar-refractivity contribution in [3.63, 3.8) is 0 Å². The van der Waals surface area contributed by atoms with Crippen LogP contribution in [0.3, 0.4) is 0 Å². The van der Waals surface area contributed by atoms with Crippen LogP contribution in [0.1, 0.15) is 23.7 Å². The number of pyridine rings is 1. The van der Waals surface area contributed by atoms with Crippen LogP contribution in [0.5, 0.6) is 0 Å². The van der Waals surface area contributed by atoms with Crippen LogP contribution >= 0.6 is 11.6 Å². The fourth-order valence-corrected chi connectivity index (χ4v) is 1.53. The summed E-state index contributed by atoms with van der Waals surface area (Å²) in [5, 5.41) is 21.8. The Labute approximate surface area is 118 Å². The monoisotopic (exact) mass is 301 g/mol. The van der Waals surface area contributed by atoms with Gasteiger partial charge in [-0.25, -0.2) is 4.98 Å². The lowest BCUT2D eigenvalue weighted by molar-refractivity contribution is -0.385. The fourth-order valence-electron chi connectivity index (χ4n) is 1.37. The molecule has 1 atom stereocenters. The molecule has 0 aliphatic rings. The number of carbonyl (C=O) groups is 2. The molecule has 1 aromatic rings. The quantitative estimate of drug-likeness (QED) is 0.466. The van der Waals surface area contributed by atoms with Crippen molar-refractivity contribution in [3.8, 4) is 0 Å². The van der Waals surface area contributed by atoms with E-state index in [4.69, 9.17) is 16.7 Å². The summed E-state index contributed by atoms with van der Waals surface area (Å²) in [7, 11) is 0. The minimum Gasteiger partial charge on any atom is -0.481 e. The summed E-state index contributed by atoms with van der Waals surface area (Å²) in [4.78, 5) is 36.0. The predicted molar refractivity (Wildman–Crippen MR) is 69.7 cm³/mol. The highest BCUT2D eigenvalue weighted by molar-refractivity contribution is 6.29. The van der Waals surface area contributed by atoms with Crippen molar-refractivity contribution in [2.45, 2.75) is 13.3 Å². The van der Waals surface area contributed by atoms with E-state index in [-0.39, 0.29) is 23.7 Å². The molecule has 1 unspecified atom stereocenters. The fraction of sp³-hybridized carbons (Fsp3) is 0.364. The molecule has 0 aliphatic heterocycles. The summed E-state index contributed by atoms with van der Waals surface area (Å²) in [6.45, 7) is 1.59. The van der Waals surface area contributed by atoms with Gasteiger partial charge in [0.25, 0.3) is 11.6 Å². The summed E-state index contributed by atoms with van der Waals surface area (Å²) >= 11 is 5.60. The SMILES string of the molecule is CC(CCNC(=O)c1cc(Cl)ncc1[N+](=O)[O-])C(=O)O. The summed E-state index contributed by atoms with van der Waals surface area (Å²) in [5.74, 6) is -2.29. The maximum Gasteiger partial charge on any atom is 0.306 e. The highest BCUT2D eigenvalue weighted by Gasteiger charge is 2.21. The number of nitrogens with zero attached hydrogens (tertiary/aromatic N) is 2. The third-order valence-corrected chi connectivity index (χ3v) is 2.78. The molecule has 0 spiro atoms. The first-order valence-electron chi connectivity index (χ1n) is 5.64. The Morgan fingerprint density at radius 1 is 1.60 bits per heavy atom. The number of aromatic nitrogens is 1. The van der Waals surface area contributed by atoms with E-state index in [0.29, 0.717) is 0 Å². The predicted octanol–water partition coefficient (Wildman–Crippen LogP) is 1.48. The number of aliphatic carboxylic acids is 1. The summed E-state index contributed by atoms with van der Waals surface area (Å²) in [6, 6.07) is 1.09. The Balaban J connectivity index is 2.75. The van der Waals surface area contributed by atoms with Crippen molar-refractivity contribution < 1.29 is 19.6 Å². The molecule has 0 fully saturated rings. The molecule has 20 heavy (non-hydrogen) atoms. The zero-order valence-corrected chi connectivity index (χ0v) is 11.3. The molecule has 0 saturated heterocycles.